The number of rotatable bonds is 2. The number of hydrogen-bond donors (Lipinski definition) is 0. The van der Waals surface area contributed by atoms with Crippen molar-refractivity contribution in [1.29, 1.82) is 0 Å². The van der Waals surface area contributed by atoms with E-state index in [2.05, 4.69) is 16.0 Å². The maximum Gasteiger partial charge on any atom is 0.272 e. The summed E-state index contributed by atoms with van der Waals surface area (Å²) in [6.07, 6.45) is 1.98. The summed E-state index contributed by atoms with van der Waals surface area (Å²) in [5.74, 6) is 0.0475. The number of anilines is 1. The third kappa shape index (κ3) is 3.03. The summed E-state index contributed by atoms with van der Waals surface area (Å²) >= 11 is 6.10. The summed E-state index contributed by atoms with van der Waals surface area (Å²) in [4.78, 5) is 21.8. The molecule has 0 aliphatic carbocycles. The van der Waals surface area contributed by atoms with Crippen LogP contribution in [0.25, 0.3) is 5.65 Å². The topological polar surface area (TPSA) is 40.9 Å². The molecular weight excluding hydrogens is 348 g/mol. The normalized spacial score (nSPS) is 14.9. The Bertz CT molecular complexity index is 973. The zero-order valence-electron chi connectivity index (χ0n) is 14.9. The number of imidazole rings is 1. The second-order valence-corrected chi connectivity index (χ2v) is 7.18. The van der Waals surface area contributed by atoms with Gasteiger partial charge in [0.25, 0.3) is 5.91 Å². The molecule has 2 aromatic heterocycles. The van der Waals surface area contributed by atoms with Gasteiger partial charge in [0.1, 0.15) is 11.3 Å². The van der Waals surface area contributed by atoms with Crippen LogP contribution in [0.5, 0.6) is 0 Å². The molecule has 1 amide bonds. The maximum atomic E-state index is 13.1. The minimum atomic E-state index is 0.0475. The van der Waals surface area contributed by atoms with E-state index in [1.807, 2.05) is 59.7 Å². The van der Waals surface area contributed by atoms with Gasteiger partial charge in [0.15, 0.2) is 0 Å². The highest BCUT2D eigenvalue weighted by Gasteiger charge is 2.26. The van der Waals surface area contributed by atoms with Crippen LogP contribution < -0.4 is 4.90 Å². The number of aryl methyl sites for hydroxylation is 2. The molecule has 1 aliphatic rings. The number of carbonyl (C=O) groups excluding carboxylic acids is 1. The van der Waals surface area contributed by atoms with E-state index >= 15 is 0 Å². The maximum absolute atomic E-state index is 13.1. The lowest BCUT2D eigenvalue weighted by atomic mass is 10.2. The quantitative estimate of drug-likeness (QED) is 0.694. The van der Waals surface area contributed by atoms with Crippen molar-refractivity contribution in [3.63, 3.8) is 0 Å². The molecule has 1 aliphatic heterocycles. The van der Waals surface area contributed by atoms with Gasteiger partial charge in [0.2, 0.25) is 0 Å². The SMILES string of the molecule is Cc1ccc2nc(C)c(C(=O)N3CCN(c4cccc(Cl)c4)CC3)n2c1. The minimum Gasteiger partial charge on any atom is -0.368 e. The summed E-state index contributed by atoms with van der Waals surface area (Å²) in [6.45, 7) is 6.88. The Hall–Kier alpha value is -2.53. The van der Waals surface area contributed by atoms with Crippen molar-refractivity contribution < 1.29 is 4.79 Å². The zero-order chi connectivity index (χ0) is 18.3. The van der Waals surface area contributed by atoms with Gasteiger partial charge in [-0.15, -0.1) is 0 Å². The van der Waals surface area contributed by atoms with Crippen LogP contribution in [-0.4, -0.2) is 46.4 Å². The van der Waals surface area contributed by atoms with Gasteiger partial charge in [0, 0.05) is 43.1 Å². The first-order chi connectivity index (χ1) is 12.5. The van der Waals surface area contributed by atoms with Crippen LogP contribution in [0.4, 0.5) is 5.69 Å². The standard InChI is InChI=1S/C20H21ClN4O/c1-14-6-7-18-22-15(2)19(25(18)13-14)20(26)24-10-8-23(9-11-24)17-5-3-4-16(21)12-17/h3-7,12-13H,8-11H2,1-2H3. The summed E-state index contributed by atoms with van der Waals surface area (Å²) in [6, 6.07) is 11.8. The van der Waals surface area contributed by atoms with Gasteiger partial charge in [-0.05, 0) is 43.7 Å². The first-order valence-corrected chi connectivity index (χ1v) is 9.16. The zero-order valence-corrected chi connectivity index (χ0v) is 15.7. The third-order valence-electron chi connectivity index (χ3n) is 4.88. The number of nitrogens with zero attached hydrogens (tertiary/aromatic N) is 4. The molecule has 5 nitrogen and oxygen atoms in total. The van der Waals surface area contributed by atoms with E-state index in [0.29, 0.717) is 18.8 Å². The van der Waals surface area contributed by atoms with E-state index in [1.54, 1.807) is 0 Å². The number of halogens is 1. The Balaban J connectivity index is 1.54. The Kier molecular flexibility index (Phi) is 4.32. The average molecular weight is 369 g/mol. The van der Waals surface area contributed by atoms with Crippen molar-refractivity contribution in [2.75, 3.05) is 31.1 Å². The molecule has 3 aromatic rings. The van der Waals surface area contributed by atoms with E-state index in [-0.39, 0.29) is 5.91 Å². The van der Waals surface area contributed by atoms with Gasteiger partial charge < -0.3 is 9.80 Å². The fraction of sp³-hybridized carbons (Fsp3) is 0.300. The Labute approximate surface area is 157 Å². The summed E-state index contributed by atoms with van der Waals surface area (Å²) in [5, 5.41) is 0.734. The number of carbonyl (C=O) groups is 1. The van der Waals surface area contributed by atoms with Gasteiger partial charge in [-0.2, -0.15) is 0 Å². The molecule has 0 radical (unpaired) electrons. The summed E-state index contributed by atoms with van der Waals surface area (Å²) < 4.78 is 1.91. The van der Waals surface area contributed by atoms with E-state index in [4.69, 9.17) is 11.6 Å². The lowest BCUT2D eigenvalue weighted by molar-refractivity contribution is 0.0739. The molecule has 1 saturated heterocycles. The number of benzene rings is 1. The van der Waals surface area contributed by atoms with Gasteiger partial charge in [-0.25, -0.2) is 4.98 Å². The Morgan fingerprint density at radius 2 is 1.85 bits per heavy atom. The molecule has 26 heavy (non-hydrogen) atoms. The molecule has 0 N–H and O–H groups in total. The lowest BCUT2D eigenvalue weighted by Gasteiger charge is -2.36. The van der Waals surface area contributed by atoms with Crippen molar-refractivity contribution in [2.45, 2.75) is 13.8 Å². The van der Waals surface area contributed by atoms with Crippen LogP contribution in [0.2, 0.25) is 5.02 Å². The summed E-state index contributed by atoms with van der Waals surface area (Å²) in [7, 11) is 0. The Morgan fingerprint density at radius 3 is 2.58 bits per heavy atom. The molecule has 6 heteroatoms. The molecule has 1 aromatic carbocycles. The van der Waals surface area contributed by atoms with Crippen molar-refractivity contribution in [3.8, 4) is 0 Å². The van der Waals surface area contributed by atoms with E-state index in [0.717, 1.165) is 40.7 Å². The predicted molar refractivity (Wildman–Crippen MR) is 104 cm³/mol. The van der Waals surface area contributed by atoms with Crippen LogP contribution in [0.15, 0.2) is 42.6 Å². The molecule has 0 saturated carbocycles. The molecular formula is C20H21ClN4O. The highest BCUT2D eigenvalue weighted by atomic mass is 35.5. The highest BCUT2D eigenvalue weighted by molar-refractivity contribution is 6.30. The van der Waals surface area contributed by atoms with Crippen LogP contribution in [0.3, 0.4) is 0 Å². The third-order valence-corrected chi connectivity index (χ3v) is 5.12. The van der Waals surface area contributed by atoms with Gasteiger partial charge in [-0.1, -0.05) is 23.7 Å². The van der Waals surface area contributed by atoms with Crippen molar-refractivity contribution >= 4 is 28.8 Å². The number of pyridine rings is 1. The molecule has 0 bridgehead atoms. The van der Waals surface area contributed by atoms with Crippen molar-refractivity contribution in [1.82, 2.24) is 14.3 Å². The molecule has 1 fully saturated rings. The van der Waals surface area contributed by atoms with E-state index < -0.39 is 0 Å². The average Bonchev–Trinajstić information content (AvgIpc) is 2.96. The molecule has 4 rings (SSSR count). The van der Waals surface area contributed by atoms with Crippen molar-refractivity contribution in [2.24, 2.45) is 0 Å². The first kappa shape index (κ1) is 16.9. The molecule has 0 unspecified atom stereocenters. The molecule has 0 spiro atoms. The highest BCUT2D eigenvalue weighted by Crippen LogP contribution is 2.22. The fourth-order valence-corrected chi connectivity index (χ4v) is 3.70. The number of hydrogen-bond acceptors (Lipinski definition) is 3. The number of amides is 1. The number of aromatic nitrogens is 2. The smallest absolute Gasteiger partial charge is 0.272 e. The van der Waals surface area contributed by atoms with E-state index in [9.17, 15) is 4.79 Å². The fourth-order valence-electron chi connectivity index (χ4n) is 3.52. The second-order valence-electron chi connectivity index (χ2n) is 6.74. The van der Waals surface area contributed by atoms with Gasteiger partial charge in [0.05, 0.1) is 5.69 Å². The molecule has 0 atom stereocenters. The minimum absolute atomic E-state index is 0.0475. The first-order valence-electron chi connectivity index (χ1n) is 8.78. The van der Waals surface area contributed by atoms with Gasteiger partial charge in [-0.3, -0.25) is 9.20 Å². The number of fused-ring (bicyclic) bond motifs is 1. The lowest BCUT2D eigenvalue weighted by Crippen LogP contribution is -2.49. The second kappa shape index (κ2) is 6.65. The van der Waals surface area contributed by atoms with E-state index in [1.165, 1.54) is 0 Å². The van der Waals surface area contributed by atoms with Crippen LogP contribution in [-0.2, 0) is 0 Å². The monoisotopic (exact) mass is 368 g/mol. The largest absolute Gasteiger partial charge is 0.368 e. The van der Waals surface area contributed by atoms with Gasteiger partial charge >= 0.3 is 0 Å². The van der Waals surface area contributed by atoms with Crippen LogP contribution in [0, 0.1) is 13.8 Å². The van der Waals surface area contributed by atoms with Crippen molar-refractivity contribution in [3.05, 3.63) is 64.6 Å². The molecule has 134 valence electrons. The van der Waals surface area contributed by atoms with Crippen LogP contribution in [0.1, 0.15) is 21.7 Å². The number of piperazine rings is 1. The predicted octanol–water partition coefficient (Wildman–Crippen LogP) is 3.57. The molecule has 3 heterocycles. The summed E-state index contributed by atoms with van der Waals surface area (Å²) in [5.41, 5.74) is 4.47. The van der Waals surface area contributed by atoms with Crippen LogP contribution >= 0.6 is 11.6 Å². The Morgan fingerprint density at radius 1 is 1.08 bits per heavy atom.